The van der Waals surface area contributed by atoms with Crippen LogP contribution in [-0.4, -0.2) is 15.8 Å². The number of hydrogen-bond donors (Lipinski definition) is 1. The van der Waals surface area contributed by atoms with E-state index in [2.05, 4.69) is 5.32 Å². The average Bonchev–Trinajstić information content (AvgIpc) is 3.20. The molecule has 0 aliphatic heterocycles. The van der Waals surface area contributed by atoms with E-state index in [0.717, 1.165) is 0 Å². The van der Waals surface area contributed by atoms with E-state index in [1.807, 2.05) is 0 Å². The summed E-state index contributed by atoms with van der Waals surface area (Å²) in [6.45, 7) is 0. The van der Waals surface area contributed by atoms with Gasteiger partial charge >= 0.3 is 0 Å². The van der Waals surface area contributed by atoms with E-state index in [1.54, 1.807) is 12.1 Å². The SMILES string of the molecule is N#C/C(=C\c1ccc(-c2ccc([N+](=O)[O-])cc2)o1)C(=O)Nc1cccc([N+](=O)[O-])c1. The summed E-state index contributed by atoms with van der Waals surface area (Å²) in [5, 5.41) is 33.3. The van der Waals surface area contributed by atoms with Gasteiger partial charge in [-0.2, -0.15) is 5.26 Å². The van der Waals surface area contributed by atoms with Crippen molar-refractivity contribution in [1.29, 1.82) is 5.26 Å². The number of benzene rings is 2. The van der Waals surface area contributed by atoms with Crippen molar-refractivity contribution in [2.75, 3.05) is 5.32 Å². The number of amides is 1. The molecule has 3 rings (SSSR count). The second kappa shape index (κ2) is 8.49. The van der Waals surface area contributed by atoms with Crippen LogP contribution in [0.15, 0.2) is 70.7 Å². The van der Waals surface area contributed by atoms with Crippen LogP contribution < -0.4 is 5.32 Å². The monoisotopic (exact) mass is 404 g/mol. The number of nitriles is 1. The van der Waals surface area contributed by atoms with E-state index in [9.17, 15) is 30.3 Å². The predicted molar refractivity (Wildman–Crippen MR) is 106 cm³/mol. The molecule has 0 spiro atoms. The van der Waals surface area contributed by atoms with Crippen molar-refractivity contribution in [3.8, 4) is 17.4 Å². The Morgan fingerprint density at radius 1 is 1.00 bits per heavy atom. The molecule has 1 heterocycles. The first kappa shape index (κ1) is 20.0. The smallest absolute Gasteiger partial charge is 0.271 e. The predicted octanol–water partition coefficient (Wildman–Crippen LogP) is 4.31. The summed E-state index contributed by atoms with van der Waals surface area (Å²) in [6, 6.07) is 15.9. The highest BCUT2D eigenvalue weighted by Gasteiger charge is 2.14. The van der Waals surface area contributed by atoms with E-state index in [-0.39, 0.29) is 28.4 Å². The van der Waals surface area contributed by atoms with Crippen LogP contribution in [0.25, 0.3) is 17.4 Å². The Hall–Kier alpha value is -4.78. The zero-order valence-electron chi connectivity index (χ0n) is 15.1. The Morgan fingerprint density at radius 3 is 2.33 bits per heavy atom. The summed E-state index contributed by atoms with van der Waals surface area (Å²) in [6.07, 6.45) is 1.22. The van der Waals surface area contributed by atoms with Crippen LogP contribution in [-0.2, 0) is 4.79 Å². The third-order valence-electron chi connectivity index (χ3n) is 3.96. The lowest BCUT2D eigenvalue weighted by atomic mass is 10.1. The fourth-order valence-corrected chi connectivity index (χ4v) is 2.52. The van der Waals surface area contributed by atoms with Crippen LogP contribution >= 0.6 is 0 Å². The summed E-state index contributed by atoms with van der Waals surface area (Å²) in [7, 11) is 0. The fourth-order valence-electron chi connectivity index (χ4n) is 2.52. The summed E-state index contributed by atoms with van der Waals surface area (Å²) in [5.74, 6) is -0.145. The van der Waals surface area contributed by atoms with Crippen molar-refractivity contribution in [2.24, 2.45) is 0 Å². The van der Waals surface area contributed by atoms with Gasteiger partial charge in [0.05, 0.1) is 9.85 Å². The molecule has 0 saturated carbocycles. The Kier molecular flexibility index (Phi) is 5.65. The normalized spacial score (nSPS) is 10.8. The molecule has 0 saturated heterocycles. The molecule has 2 aromatic carbocycles. The lowest BCUT2D eigenvalue weighted by Gasteiger charge is -2.03. The molecule has 0 unspecified atom stereocenters. The minimum atomic E-state index is -0.758. The van der Waals surface area contributed by atoms with Gasteiger partial charge in [0.2, 0.25) is 0 Å². The maximum atomic E-state index is 12.3. The Balaban J connectivity index is 1.78. The molecule has 1 amide bonds. The number of carbonyl (C=O) groups excluding carboxylic acids is 1. The summed E-state index contributed by atoms with van der Waals surface area (Å²) < 4.78 is 5.59. The van der Waals surface area contributed by atoms with Crippen LogP contribution in [0.2, 0.25) is 0 Å². The molecule has 10 heteroatoms. The number of nitrogens with one attached hydrogen (secondary N) is 1. The van der Waals surface area contributed by atoms with Crippen molar-refractivity contribution in [3.63, 3.8) is 0 Å². The Labute approximate surface area is 169 Å². The number of nitro groups is 2. The Bertz CT molecular complexity index is 1200. The van der Waals surface area contributed by atoms with Gasteiger partial charge in [0.1, 0.15) is 23.2 Å². The van der Waals surface area contributed by atoms with Gasteiger partial charge in [-0.15, -0.1) is 0 Å². The van der Waals surface area contributed by atoms with Crippen molar-refractivity contribution in [3.05, 3.63) is 92.2 Å². The molecule has 3 aromatic rings. The largest absolute Gasteiger partial charge is 0.457 e. The van der Waals surface area contributed by atoms with Gasteiger partial charge in [-0.05, 0) is 30.3 Å². The zero-order chi connectivity index (χ0) is 21.7. The van der Waals surface area contributed by atoms with E-state index in [4.69, 9.17) is 4.42 Å². The van der Waals surface area contributed by atoms with Gasteiger partial charge in [-0.25, -0.2) is 0 Å². The average molecular weight is 404 g/mol. The highest BCUT2D eigenvalue weighted by Crippen LogP contribution is 2.25. The van der Waals surface area contributed by atoms with Gasteiger partial charge in [0.15, 0.2) is 0 Å². The molecule has 1 N–H and O–H groups in total. The fraction of sp³-hybridized carbons (Fsp3) is 0. The van der Waals surface area contributed by atoms with E-state index >= 15 is 0 Å². The zero-order valence-corrected chi connectivity index (χ0v) is 15.1. The number of furan rings is 1. The summed E-state index contributed by atoms with van der Waals surface area (Å²) >= 11 is 0. The molecule has 0 radical (unpaired) electrons. The van der Waals surface area contributed by atoms with Crippen LogP contribution in [0.5, 0.6) is 0 Å². The molecule has 1 aromatic heterocycles. The number of nitro benzene ring substituents is 2. The van der Waals surface area contributed by atoms with Crippen LogP contribution in [0.1, 0.15) is 5.76 Å². The second-order valence-corrected chi connectivity index (χ2v) is 5.94. The van der Waals surface area contributed by atoms with Gasteiger partial charge in [-0.1, -0.05) is 6.07 Å². The molecular formula is C20H12N4O6. The standard InChI is InChI=1S/C20H12N4O6/c21-12-14(20(25)22-15-2-1-3-17(11-15)24(28)29)10-18-8-9-19(30-18)13-4-6-16(7-5-13)23(26)27/h1-11H,(H,22,25)/b14-10+. The van der Waals surface area contributed by atoms with Crippen LogP contribution in [0.4, 0.5) is 17.1 Å². The minimum Gasteiger partial charge on any atom is -0.457 e. The third-order valence-corrected chi connectivity index (χ3v) is 3.96. The molecule has 0 aliphatic carbocycles. The van der Waals surface area contributed by atoms with Crippen molar-refractivity contribution < 1.29 is 19.1 Å². The van der Waals surface area contributed by atoms with Gasteiger partial charge in [0.25, 0.3) is 17.3 Å². The van der Waals surface area contributed by atoms with E-state index in [0.29, 0.717) is 11.3 Å². The number of hydrogen-bond acceptors (Lipinski definition) is 7. The maximum Gasteiger partial charge on any atom is 0.271 e. The number of rotatable bonds is 6. The van der Waals surface area contributed by atoms with Crippen LogP contribution in [0.3, 0.4) is 0 Å². The first-order chi connectivity index (χ1) is 14.4. The van der Waals surface area contributed by atoms with Gasteiger partial charge in [0, 0.05) is 41.6 Å². The Morgan fingerprint density at radius 2 is 1.70 bits per heavy atom. The van der Waals surface area contributed by atoms with Crippen molar-refractivity contribution >= 4 is 29.0 Å². The summed E-state index contributed by atoms with van der Waals surface area (Å²) in [5.41, 5.74) is 0.219. The highest BCUT2D eigenvalue weighted by atomic mass is 16.6. The van der Waals surface area contributed by atoms with E-state index < -0.39 is 15.8 Å². The topological polar surface area (TPSA) is 152 Å². The van der Waals surface area contributed by atoms with E-state index in [1.165, 1.54) is 60.7 Å². The second-order valence-electron chi connectivity index (χ2n) is 5.94. The molecule has 148 valence electrons. The first-order valence-corrected chi connectivity index (χ1v) is 8.39. The molecular weight excluding hydrogens is 392 g/mol. The molecule has 0 bridgehead atoms. The third kappa shape index (κ3) is 4.55. The van der Waals surface area contributed by atoms with Gasteiger partial charge < -0.3 is 9.73 Å². The minimum absolute atomic E-state index is 0.0602. The molecule has 10 nitrogen and oxygen atoms in total. The molecule has 0 atom stereocenters. The van der Waals surface area contributed by atoms with Gasteiger partial charge in [-0.3, -0.25) is 25.0 Å². The van der Waals surface area contributed by atoms with Crippen LogP contribution in [0, 0.1) is 31.6 Å². The molecule has 0 aliphatic rings. The number of anilines is 1. The lowest BCUT2D eigenvalue weighted by Crippen LogP contribution is -2.13. The number of carbonyl (C=O) groups is 1. The quantitative estimate of drug-likeness (QED) is 0.278. The first-order valence-electron chi connectivity index (χ1n) is 8.39. The number of nitrogens with zero attached hydrogens (tertiary/aromatic N) is 3. The molecule has 0 fully saturated rings. The lowest BCUT2D eigenvalue weighted by molar-refractivity contribution is -0.385. The highest BCUT2D eigenvalue weighted by molar-refractivity contribution is 6.09. The molecule has 30 heavy (non-hydrogen) atoms. The maximum absolute atomic E-state index is 12.3. The number of non-ortho nitro benzene ring substituents is 2. The van der Waals surface area contributed by atoms with Crippen molar-refractivity contribution in [1.82, 2.24) is 0 Å². The summed E-state index contributed by atoms with van der Waals surface area (Å²) in [4.78, 5) is 32.8. The van der Waals surface area contributed by atoms with Crippen molar-refractivity contribution in [2.45, 2.75) is 0 Å².